The number of likely N-dealkylation sites (tertiary alicyclic amines) is 1. The number of alkyl halides is 3. The maximum Gasteiger partial charge on any atom is 0.393 e. The topological polar surface area (TPSA) is 76.2 Å². The van der Waals surface area contributed by atoms with Crippen molar-refractivity contribution in [3.8, 4) is 6.07 Å². The van der Waals surface area contributed by atoms with E-state index in [0.29, 0.717) is 10.7 Å². The largest absolute Gasteiger partial charge is 0.393 e. The van der Waals surface area contributed by atoms with Gasteiger partial charge in [-0.05, 0) is 62.6 Å². The number of nitriles is 1. The molecule has 8 nitrogen and oxygen atoms in total. The van der Waals surface area contributed by atoms with Crippen molar-refractivity contribution < 1.29 is 13.2 Å². The Morgan fingerprint density at radius 2 is 1.78 bits per heavy atom. The summed E-state index contributed by atoms with van der Waals surface area (Å²) in [6.07, 6.45) is -3.06. The Balaban J connectivity index is 1.05. The van der Waals surface area contributed by atoms with Crippen LogP contribution >= 0.6 is 11.3 Å². The van der Waals surface area contributed by atoms with Crippen molar-refractivity contribution in [2.75, 3.05) is 63.8 Å². The molecule has 3 saturated heterocycles. The van der Waals surface area contributed by atoms with Crippen LogP contribution in [0.2, 0.25) is 0 Å². The van der Waals surface area contributed by atoms with E-state index in [4.69, 9.17) is 4.98 Å². The lowest BCUT2D eigenvalue weighted by Crippen LogP contribution is -2.44. The fourth-order valence-corrected chi connectivity index (χ4v) is 8.74. The van der Waals surface area contributed by atoms with Gasteiger partial charge in [0.15, 0.2) is 0 Å². The summed E-state index contributed by atoms with van der Waals surface area (Å²) in [5.74, 6) is 1.36. The molecule has 1 aromatic carbocycles. The second kappa shape index (κ2) is 11.8. The first-order chi connectivity index (χ1) is 21.6. The van der Waals surface area contributed by atoms with Crippen molar-refractivity contribution in [1.82, 2.24) is 29.7 Å². The van der Waals surface area contributed by atoms with E-state index in [-0.39, 0.29) is 10.3 Å². The van der Waals surface area contributed by atoms with Crippen LogP contribution in [0.5, 0.6) is 0 Å². The van der Waals surface area contributed by atoms with E-state index in [1.807, 2.05) is 6.92 Å². The quantitative estimate of drug-likeness (QED) is 0.297. The van der Waals surface area contributed by atoms with Gasteiger partial charge >= 0.3 is 6.18 Å². The Kier molecular flexibility index (Phi) is 8.01. The molecule has 0 radical (unpaired) electrons. The van der Waals surface area contributed by atoms with Crippen LogP contribution in [0.1, 0.15) is 40.4 Å². The van der Waals surface area contributed by atoms with E-state index in [0.717, 1.165) is 124 Å². The minimum atomic E-state index is -4.25. The molecule has 0 bridgehead atoms. The smallest absolute Gasteiger partial charge is 0.355 e. The highest BCUT2D eigenvalue weighted by Crippen LogP contribution is 2.43. The molecule has 3 aliphatic heterocycles. The lowest BCUT2D eigenvalue weighted by molar-refractivity contribution is -0.126. The predicted molar refractivity (Wildman–Crippen MR) is 172 cm³/mol. The number of halogens is 3. The van der Waals surface area contributed by atoms with Gasteiger partial charge in [0.2, 0.25) is 0 Å². The molecule has 12 heteroatoms. The minimum Gasteiger partial charge on any atom is -0.355 e. The highest BCUT2D eigenvalue weighted by atomic mass is 32.1. The minimum absolute atomic E-state index is 0.134. The van der Waals surface area contributed by atoms with E-state index in [1.165, 1.54) is 11.1 Å². The molecule has 7 rings (SSSR count). The van der Waals surface area contributed by atoms with E-state index in [9.17, 15) is 18.4 Å². The molecule has 0 saturated carbocycles. The predicted octanol–water partition coefficient (Wildman–Crippen LogP) is 5.25. The average Bonchev–Trinajstić information content (AvgIpc) is 3.78. The molecule has 0 aliphatic carbocycles. The Morgan fingerprint density at radius 1 is 0.978 bits per heavy atom. The third-order valence-electron chi connectivity index (χ3n) is 9.99. The number of aryl methyl sites for hydroxylation is 2. The Labute approximate surface area is 265 Å². The average molecular weight is 637 g/mol. The molecule has 1 unspecified atom stereocenters. The second-order valence-corrected chi connectivity index (χ2v) is 14.2. The van der Waals surface area contributed by atoms with Crippen LogP contribution in [0.4, 0.5) is 19.0 Å². The standard InChI is InChI=1S/C33H39F3N8S/c1-22-24(3-4-29-27(22)15-25(18-37)44(29)14-13-41-11-7-38-8-12-41)19-42-9-5-32(20-42)6-10-43(21-32)30-28-16-26(17-33(34,35)36)45-31(28)40-23(2)39-30/h3-4,15-16,38H,5-14,17,19-21H2,1-2H3. The number of hydrogen-bond acceptors (Lipinski definition) is 8. The van der Waals surface area contributed by atoms with Gasteiger partial charge in [-0.1, -0.05) is 6.07 Å². The number of aromatic nitrogens is 3. The zero-order chi connectivity index (χ0) is 31.3. The molecule has 1 spiro atoms. The van der Waals surface area contributed by atoms with Crippen LogP contribution in [-0.4, -0.2) is 89.4 Å². The van der Waals surface area contributed by atoms with Gasteiger partial charge in [0.1, 0.15) is 28.2 Å². The van der Waals surface area contributed by atoms with Gasteiger partial charge in [-0.25, -0.2) is 9.97 Å². The second-order valence-electron chi connectivity index (χ2n) is 13.1. The van der Waals surface area contributed by atoms with E-state index in [2.05, 4.69) is 60.8 Å². The third-order valence-corrected chi connectivity index (χ3v) is 11.0. The first-order valence-corrected chi connectivity index (χ1v) is 16.7. The van der Waals surface area contributed by atoms with Gasteiger partial charge in [-0.15, -0.1) is 11.3 Å². The maximum absolute atomic E-state index is 13.1. The summed E-state index contributed by atoms with van der Waals surface area (Å²) < 4.78 is 41.5. The number of thiophene rings is 1. The Hall–Kier alpha value is -3.24. The van der Waals surface area contributed by atoms with Crippen molar-refractivity contribution >= 4 is 38.3 Å². The molecule has 3 fully saturated rings. The molecule has 6 heterocycles. The van der Waals surface area contributed by atoms with Crippen molar-refractivity contribution in [2.45, 2.75) is 52.4 Å². The monoisotopic (exact) mass is 636 g/mol. The first kappa shape index (κ1) is 30.4. The summed E-state index contributed by atoms with van der Waals surface area (Å²) in [6.45, 7) is 14.4. The number of piperazine rings is 1. The van der Waals surface area contributed by atoms with E-state index < -0.39 is 12.6 Å². The number of nitrogens with zero attached hydrogens (tertiary/aromatic N) is 7. The van der Waals surface area contributed by atoms with Crippen LogP contribution < -0.4 is 10.2 Å². The van der Waals surface area contributed by atoms with Crippen LogP contribution in [0.15, 0.2) is 24.3 Å². The zero-order valence-corrected chi connectivity index (χ0v) is 26.7. The molecule has 45 heavy (non-hydrogen) atoms. The van der Waals surface area contributed by atoms with Gasteiger partial charge < -0.3 is 14.8 Å². The van der Waals surface area contributed by atoms with Gasteiger partial charge in [-0.2, -0.15) is 18.4 Å². The third kappa shape index (κ3) is 6.15. The molecule has 1 N–H and O–H groups in total. The first-order valence-electron chi connectivity index (χ1n) is 15.9. The highest BCUT2D eigenvalue weighted by Gasteiger charge is 2.44. The number of rotatable bonds is 7. The van der Waals surface area contributed by atoms with Crippen molar-refractivity contribution in [3.63, 3.8) is 0 Å². The van der Waals surface area contributed by atoms with E-state index in [1.54, 1.807) is 6.07 Å². The van der Waals surface area contributed by atoms with Crippen LogP contribution in [0.3, 0.4) is 0 Å². The molecular formula is C33H39F3N8S. The number of fused-ring (bicyclic) bond motifs is 2. The number of benzene rings is 1. The zero-order valence-electron chi connectivity index (χ0n) is 25.9. The molecule has 238 valence electrons. The van der Waals surface area contributed by atoms with E-state index >= 15 is 0 Å². The summed E-state index contributed by atoms with van der Waals surface area (Å²) >= 11 is 1.12. The SMILES string of the molecule is Cc1nc(N2CCC3(CCN(Cc4ccc5c(cc(C#N)n5CCN5CCNCC5)c4C)C3)C2)c2cc(CC(F)(F)F)sc2n1. The lowest BCUT2D eigenvalue weighted by Gasteiger charge is -2.27. The molecular weight excluding hydrogens is 597 g/mol. The lowest BCUT2D eigenvalue weighted by atomic mass is 9.86. The van der Waals surface area contributed by atoms with Crippen LogP contribution in [-0.2, 0) is 19.5 Å². The van der Waals surface area contributed by atoms with Gasteiger partial charge in [0, 0.05) is 86.6 Å². The number of anilines is 1. The summed E-state index contributed by atoms with van der Waals surface area (Å²) in [5, 5.41) is 15.2. The van der Waals surface area contributed by atoms with Crippen molar-refractivity contribution in [2.24, 2.45) is 5.41 Å². The highest BCUT2D eigenvalue weighted by molar-refractivity contribution is 7.18. The maximum atomic E-state index is 13.1. The van der Waals surface area contributed by atoms with Gasteiger partial charge in [-0.3, -0.25) is 9.80 Å². The summed E-state index contributed by atoms with van der Waals surface area (Å²) in [7, 11) is 0. The molecule has 3 aliphatic rings. The number of nitrogens with one attached hydrogen (secondary N) is 1. The Morgan fingerprint density at radius 3 is 2.56 bits per heavy atom. The summed E-state index contributed by atoms with van der Waals surface area (Å²) in [5.41, 5.74) is 4.52. The van der Waals surface area contributed by atoms with Crippen LogP contribution in [0, 0.1) is 30.6 Å². The molecule has 4 aromatic rings. The van der Waals surface area contributed by atoms with Crippen molar-refractivity contribution in [3.05, 3.63) is 51.8 Å². The summed E-state index contributed by atoms with van der Waals surface area (Å²) in [4.78, 5) is 17.4. The Bertz CT molecular complexity index is 1770. The fraction of sp³-hybridized carbons (Fsp3) is 0.545. The normalized spacial score (nSPS) is 21.6. The van der Waals surface area contributed by atoms with Crippen molar-refractivity contribution in [1.29, 1.82) is 5.26 Å². The molecule has 1 atom stereocenters. The van der Waals surface area contributed by atoms with Gasteiger partial charge in [0.05, 0.1) is 11.8 Å². The molecule has 0 amide bonds. The molecule has 3 aromatic heterocycles. The summed E-state index contributed by atoms with van der Waals surface area (Å²) in [6, 6.07) is 10.6. The van der Waals surface area contributed by atoms with Crippen LogP contribution in [0.25, 0.3) is 21.1 Å². The number of hydrogen-bond donors (Lipinski definition) is 1. The van der Waals surface area contributed by atoms with Gasteiger partial charge in [0.25, 0.3) is 0 Å². The fourth-order valence-electron chi connectivity index (χ4n) is 7.64.